The zero-order chi connectivity index (χ0) is 25.1. The molecular weight excluding hydrogens is 456 g/mol. The minimum absolute atomic E-state index is 0.199. The zero-order valence-electron chi connectivity index (χ0n) is 20.4. The van der Waals surface area contributed by atoms with Crippen LogP contribution in [0.25, 0.3) is 28.2 Å². The third-order valence-electron chi connectivity index (χ3n) is 6.43. The fourth-order valence-corrected chi connectivity index (χ4v) is 4.65. The van der Waals surface area contributed by atoms with Crippen LogP contribution in [0.1, 0.15) is 30.3 Å². The summed E-state index contributed by atoms with van der Waals surface area (Å²) in [5.41, 5.74) is 3.98. The molecule has 3 heterocycles. The first-order valence-electron chi connectivity index (χ1n) is 12.1. The molecule has 8 nitrogen and oxygen atoms in total. The van der Waals surface area contributed by atoms with E-state index in [9.17, 15) is 9.59 Å². The fraction of sp³-hybridized carbons (Fsp3) is 0.286. The normalized spacial score (nSPS) is 15.6. The fourth-order valence-electron chi connectivity index (χ4n) is 4.65. The molecule has 1 aliphatic rings. The van der Waals surface area contributed by atoms with E-state index in [0.717, 1.165) is 23.2 Å². The molecule has 0 bridgehead atoms. The van der Waals surface area contributed by atoms with Crippen molar-refractivity contribution < 1.29 is 19.1 Å². The molecule has 1 saturated heterocycles. The van der Waals surface area contributed by atoms with E-state index in [1.165, 1.54) is 0 Å². The van der Waals surface area contributed by atoms with Crippen molar-refractivity contribution in [1.29, 1.82) is 0 Å². The summed E-state index contributed by atoms with van der Waals surface area (Å²) >= 11 is 0. The number of nitrogens with zero attached hydrogens (tertiary/aromatic N) is 4. The van der Waals surface area contributed by atoms with Gasteiger partial charge in [-0.25, -0.2) is 9.50 Å². The Bertz CT molecular complexity index is 1400. The lowest BCUT2D eigenvalue weighted by Gasteiger charge is -2.31. The third-order valence-corrected chi connectivity index (χ3v) is 6.43. The molecule has 5 rings (SSSR count). The van der Waals surface area contributed by atoms with Gasteiger partial charge < -0.3 is 14.4 Å². The number of amides is 1. The van der Waals surface area contributed by atoms with Gasteiger partial charge in [0.15, 0.2) is 5.65 Å². The highest BCUT2D eigenvalue weighted by atomic mass is 16.5. The van der Waals surface area contributed by atoms with Crippen LogP contribution in [0.3, 0.4) is 0 Å². The average Bonchev–Trinajstić information content (AvgIpc) is 3.37. The summed E-state index contributed by atoms with van der Waals surface area (Å²) in [6.07, 6.45) is 1.44. The van der Waals surface area contributed by atoms with Crippen molar-refractivity contribution in [2.45, 2.75) is 19.8 Å². The molecule has 184 valence electrons. The van der Waals surface area contributed by atoms with Gasteiger partial charge in [0.05, 0.1) is 31.0 Å². The number of rotatable bonds is 6. The Labute approximate surface area is 209 Å². The van der Waals surface area contributed by atoms with Crippen LogP contribution in [-0.4, -0.2) is 58.2 Å². The third kappa shape index (κ3) is 4.54. The van der Waals surface area contributed by atoms with E-state index < -0.39 is 0 Å². The van der Waals surface area contributed by atoms with Gasteiger partial charge >= 0.3 is 5.97 Å². The molecule has 8 heteroatoms. The summed E-state index contributed by atoms with van der Waals surface area (Å²) in [5.74, 6) is -0.118. The minimum atomic E-state index is -0.328. The van der Waals surface area contributed by atoms with Gasteiger partial charge in [0.2, 0.25) is 0 Å². The quantitative estimate of drug-likeness (QED) is 0.375. The van der Waals surface area contributed by atoms with Gasteiger partial charge in [0.1, 0.15) is 11.4 Å². The van der Waals surface area contributed by atoms with Crippen molar-refractivity contribution in [2.75, 3.05) is 26.8 Å². The summed E-state index contributed by atoms with van der Waals surface area (Å²) in [5, 5.41) is 4.74. The molecule has 2 aromatic carbocycles. The Morgan fingerprint density at radius 1 is 1.03 bits per heavy atom. The molecule has 1 amide bonds. The van der Waals surface area contributed by atoms with Crippen LogP contribution in [0.4, 0.5) is 0 Å². The highest BCUT2D eigenvalue weighted by Gasteiger charge is 2.31. The zero-order valence-corrected chi connectivity index (χ0v) is 20.4. The van der Waals surface area contributed by atoms with Crippen LogP contribution < -0.4 is 4.74 Å². The SMILES string of the molecule is CCOC(=O)[C@H]1CCCN(C(=O)c2cc(-c3ccccc3OC)nc3cc(-c4ccccc4)nn23)C1. The number of carbonyl (C=O) groups excluding carboxylic acids is 2. The number of hydrogen-bond donors (Lipinski definition) is 0. The van der Waals surface area contributed by atoms with Crippen molar-refractivity contribution >= 4 is 17.5 Å². The minimum Gasteiger partial charge on any atom is -0.496 e. The maximum absolute atomic E-state index is 13.9. The number of ether oxygens (including phenoxy) is 2. The Hall–Kier alpha value is -4.20. The summed E-state index contributed by atoms with van der Waals surface area (Å²) < 4.78 is 12.4. The number of hydrogen-bond acceptors (Lipinski definition) is 6. The molecular formula is C28H28N4O4. The molecule has 4 aromatic rings. The van der Waals surface area contributed by atoms with Gasteiger partial charge in [-0.15, -0.1) is 0 Å². The topological polar surface area (TPSA) is 86.0 Å². The molecule has 36 heavy (non-hydrogen) atoms. The molecule has 0 saturated carbocycles. The number of fused-ring (bicyclic) bond motifs is 1. The second-order valence-corrected chi connectivity index (χ2v) is 8.73. The van der Waals surface area contributed by atoms with E-state index in [-0.39, 0.29) is 17.8 Å². The van der Waals surface area contributed by atoms with Crippen LogP contribution in [0.5, 0.6) is 5.75 Å². The van der Waals surface area contributed by atoms with Crippen molar-refractivity contribution in [2.24, 2.45) is 5.92 Å². The lowest BCUT2D eigenvalue weighted by atomic mass is 9.98. The van der Waals surface area contributed by atoms with Crippen molar-refractivity contribution in [3.05, 3.63) is 72.4 Å². The number of aromatic nitrogens is 3. The molecule has 0 radical (unpaired) electrons. The largest absolute Gasteiger partial charge is 0.496 e. The number of carbonyl (C=O) groups is 2. The molecule has 1 atom stereocenters. The Kier molecular flexibility index (Phi) is 6.66. The van der Waals surface area contributed by atoms with Crippen LogP contribution >= 0.6 is 0 Å². The Morgan fingerprint density at radius 2 is 1.81 bits per heavy atom. The van der Waals surface area contributed by atoms with Crippen LogP contribution in [-0.2, 0) is 9.53 Å². The second kappa shape index (κ2) is 10.2. The number of benzene rings is 2. The van der Waals surface area contributed by atoms with E-state index in [4.69, 9.17) is 19.6 Å². The maximum atomic E-state index is 13.9. The summed E-state index contributed by atoms with van der Waals surface area (Å²) in [6.45, 7) is 3.00. The summed E-state index contributed by atoms with van der Waals surface area (Å²) in [4.78, 5) is 32.8. The van der Waals surface area contributed by atoms with Crippen molar-refractivity contribution in [3.8, 4) is 28.3 Å². The van der Waals surface area contributed by atoms with Crippen molar-refractivity contribution in [3.63, 3.8) is 0 Å². The molecule has 0 spiro atoms. The first-order chi connectivity index (χ1) is 17.6. The number of methoxy groups -OCH3 is 1. The molecule has 0 unspecified atom stereocenters. The van der Waals surface area contributed by atoms with Crippen molar-refractivity contribution in [1.82, 2.24) is 19.5 Å². The lowest BCUT2D eigenvalue weighted by Crippen LogP contribution is -2.43. The molecule has 1 fully saturated rings. The Morgan fingerprint density at radius 3 is 2.58 bits per heavy atom. The van der Waals surface area contributed by atoms with Gasteiger partial charge in [0.25, 0.3) is 5.91 Å². The predicted octanol–water partition coefficient (Wildman–Crippen LogP) is 4.49. The first-order valence-corrected chi connectivity index (χ1v) is 12.1. The predicted molar refractivity (Wildman–Crippen MR) is 136 cm³/mol. The monoisotopic (exact) mass is 484 g/mol. The van der Waals surface area contributed by atoms with E-state index in [1.807, 2.05) is 60.7 Å². The van der Waals surface area contributed by atoms with Crippen LogP contribution in [0.15, 0.2) is 66.7 Å². The lowest BCUT2D eigenvalue weighted by molar-refractivity contribution is -0.149. The van der Waals surface area contributed by atoms with E-state index in [1.54, 1.807) is 29.5 Å². The van der Waals surface area contributed by atoms with E-state index in [0.29, 0.717) is 48.9 Å². The molecule has 2 aromatic heterocycles. The maximum Gasteiger partial charge on any atom is 0.310 e. The number of piperidine rings is 1. The van der Waals surface area contributed by atoms with Crippen LogP contribution in [0.2, 0.25) is 0 Å². The standard InChI is InChI=1S/C28H28N4O4/c1-3-36-28(34)20-12-9-15-31(18-20)27(33)24-16-23(21-13-7-8-14-25(21)35-2)29-26-17-22(30-32(24)26)19-10-5-4-6-11-19/h4-8,10-11,13-14,16-17,20H,3,9,12,15,18H2,1-2H3/t20-/m0/s1. The number of esters is 1. The molecule has 1 aliphatic heterocycles. The van der Waals surface area contributed by atoms with Gasteiger partial charge in [-0.3, -0.25) is 9.59 Å². The number of para-hydroxylation sites is 1. The summed E-state index contributed by atoms with van der Waals surface area (Å²) in [7, 11) is 1.61. The smallest absolute Gasteiger partial charge is 0.310 e. The van der Waals surface area contributed by atoms with E-state index >= 15 is 0 Å². The highest BCUT2D eigenvalue weighted by Crippen LogP contribution is 2.31. The van der Waals surface area contributed by atoms with E-state index in [2.05, 4.69) is 0 Å². The molecule has 0 aliphatic carbocycles. The Balaban J connectivity index is 1.60. The summed E-state index contributed by atoms with van der Waals surface area (Å²) in [6, 6.07) is 21.0. The second-order valence-electron chi connectivity index (χ2n) is 8.73. The average molecular weight is 485 g/mol. The van der Waals surface area contributed by atoms with Crippen LogP contribution in [0, 0.1) is 5.92 Å². The van der Waals surface area contributed by atoms with Gasteiger partial charge in [0, 0.05) is 30.3 Å². The molecule has 0 N–H and O–H groups in total. The van der Waals surface area contributed by atoms with Gasteiger partial charge in [-0.05, 0) is 38.0 Å². The van der Waals surface area contributed by atoms with Gasteiger partial charge in [-0.2, -0.15) is 5.10 Å². The first kappa shape index (κ1) is 23.5. The van der Waals surface area contributed by atoms with Gasteiger partial charge in [-0.1, -0.05) is 42.5 Å². The number of likely N-dealkylation sites (tertiary alicyclic amines) is 1. The highest BCUT2D eigenvalue weighted by molar-refractivity contribution is 5.95.